The van der Waals surface area contributed by atoms with Gasteiger partial charge in [0.05, 0.1) is 12.6 Å². The SMILES string of the molecule is CC(C)C(=O)[C@@H](NC(=O)N1CCOC1)C1CCOCC1. The van der Waals surface area contributed by atoms with E-state index >= 15 is 0 Å². The Hall–Kier alpha value is -1.14. The van der Waals surface area contributed by atoms with Crippen molar-refractivity contribution in [2.24, 2.45) is 11.8 Å². The average molecular weight is 284 g/mol. The fraction of sp³-hybridized carbons (Fsp3) is 0.857. The number of ether oxygens (including phenoxy) is 2. The number of carbonyl (C=O) groups is 2. The maximum absolute atomic E-state index is 12.4. The smallest absolute Gasteiger partial charge is 0.319 e. The summed E-state index contributed by atoms with van der Waals surface area (Å²) >= 11 is 0. The van der Waals surface area contributed by atoms with E-state index in [-0.39, 0.29) is 23.7 Å². The summed E-state index contributed by atoms with van der Waals surface area (Å²) in [6, 6.07) is -0.611. The van der Waals surface area contributed by atoms with E-state index in [2.05, 4.69) is 5.32 Å². The molecule has 2 aliphatic rings. The first-order chi connectivity index (χ1) is 9.59. The molecule has 6 nitrogen and oxygen atoms in total. The Morgan fingerprint density at radius 2 is 1.85 bits per heavy atom. The van der Waals surface area contributed by atoms with Crippen LogP contribution in [-0.2, 0) is 14.3 Å². The second-order valence-electron chi connectivity index (χ2n) is 5.73. The summed E-state index contributed by atoms with van der Waals surface area (Å²) in [5.41, 5.74) is 0. The number of ketones is 1. The number of rotatable bonds is 4. The highest BCUT2D eigenvalue weighted by Crippen LogP contribution is 2.22. The summed E-state index contributed by atoms with van der Waals surface area (Å²) in [6.07, 6.45) is 1.64. The van der Waals surface area contributed by atoms with Crippen molar-refractivity contribution in [3.8, 4) is 0 Å². The first-order valence-corrected chi connectivity index (χ1v) is 7.34. The molecular formula is C14H24N2O4. The molecule has 0 radical (unpaired) electrons. The molecule has 0 bridgehead atoms. The Balaban J connectivity index is 2.01. The summed E-state index contributed by atoms with van der Waals surface area (Å²) < 4.78 is 10.5. The van der Waals surface area contributed by atoms with Gasteiger partial charge in [-0.15, -0.1) is 0 Å². The van der Waals surface area contributed by atoms with Gasteiger partial charge >= 0.3 is 6.03 Å². The largest absolute Gasteiger partial charge is 0.381 e. The lowest BCUT2D eigenvalue weighted by atomic mass is 9.85. The van der Waals surface area contributed by atoms with Crippen molar-refractivity contribution in [1.29, 1.82) is 0 Å². The molecule has 114 valence electrons. The zero-order chi connectivity index (χ0) is 14.5. The third-order valence-electron chi connectivity index (χ3n) is 3.93. The van der Waals surface area contributed by atoms with Crippen molar-refractivity contribution in [2.75, 3.05) is 33.1 Å². The van der Waals surface area contributed by atoms with Crippen LogP contribution in [0, 0.1) is 11.8 Å². The van der Waals surface area contributed by atoms with Gasteiger partial charge in [-0.25, -0.2) is 4.79 Å². The number of hydrogen-bond donors (Lipinski definition) is 1. The summed E-state index contributed by atoms with van der Waals surface area (Å²) in [5, 5.41) is 2.91. The molecule has 0 aromatic carbocycles. The van der Waals surface area contributed by atoms with Gasteiger partial charge < -0.3 is 14.8 Å². The molecule has 2 rings (SSSR count). The minimum Gasteiger partial charge on any atom is -0.381 e. The van der Waals surface area contributed by atoms with Gasteiger partial charge in [0.25, 0.3) is 0 Å². The molecule has 1 atom stereocenters. The topological polar surface area (TPSA) is 67.9 Å². The Bertz CT molecular complexity index is 347. The van der Waals surface area contributed by atoms with Gasteiger partial charge in [0.1, 0.15) is 6.73 Å². The third kappa shape index (κ3) is 3.70. The highest BCUT2D eigenvalue weighted by molar-refractivity contribution is 5.90. The van der Waals surface area contributed by atoms with Gasteiger partial charge in [-0.3, -0.25) is 9.69 Å². The molecule has 2 heterocycles. The highest BCUT2D eigenvalue weighted by atomic mass is 16.5. The minimum atomic E-state index is -0.410. The van der Waals surface area contributed by atoms with Crippen LogP contribution in [0.25, 0.3) is 0 Å². The summed E-state index contributed by atoms with van der Waals surface area (Å²) in [6.45, 7) is 6.53. The zero-order valence-corrected chi connectivity index (χ0v) is 12.3. The number of carbonyl (C=O) groups excluding carboxylic acids is 2. The van der Waals surface area contributed by atoms with Crippen LogP contribution < -0.4 is 5.32 Å². The molecule has 2 amide bonds. The quantitative estimate of drug-likeness (QED) is 0.836. The van der Waals surface area contributed by atoms with Crippen molar-refractivity contribution in [2.45, 2.75) is 32.7 Å². The highest BCUT2D eigenvalue weighted by Gasteiger charge is 2.33. The molecule has 0 unspecified atom stereocenters. The number of amides is 2. The second kappa shape index (κ2) is 7.04. The molecule has 0 spiro atoms. The van der Waals surface area contributed by atoms with Crippen molar-refractivity contribution < 1.29 is 19.1 Å². The number of Topliss-reactive ketones (excluding diaryl/α,β-unsaturated/α-hetero) is 1. The predicted molar refractivity (Wildman–Crippen MR) is 73.2 cm³/mol. The van der Waals surface area contributed by atoms with Gasteiger partial charge in [-0.05, 0) is 18.8 Å². The van der Waals surface area contributed by atoms with Crippen LogP contribution in [-0.4, -0.2) is 55.9 Å². The normalized spacial score (nSPS) is 22.1. The lowest BCUT2D eigenvalue weighted by Gasteiger charge is -2.32. The van der Waals surface area contributed by atoms with E-state index in [0.29, 0.717) is 33.1 Å². The van der Waals surface area contributed by atoms with E-state index in [1.165, 1.54) is 0 Å². The fourth-order valence-electron chi connectivity index (χ4n) is 2.63. The first-order valence-electron chi connectivity index (χ1n) is 7.34. The molecular weight excluding hydrogens is 260 g/mol. The van der Waals surface area contributed by atoms with E-state index in [0.717, 1.165) is 12.8 Å². The molecule has 0 saturated carbocycles. The monoisotopic (exact) mass is 284 g/mol. The van der Waals surface area contributed by atoms with E-state index in [1.54, 1.807) is 4.90 Å². The fourth-order valence-corrected chi connectivity index (χ4v) is 2.63. The standard InChI is InChI=1S/C14H24N2O4/c1-10(2)13(17)12(11-3-6-19-7-4-11)15-14(18)16-5-8-20-9-16/h10-12H,3-9H2,1-2H3,(H,15,18)/t12-/m0/s1. The van der Waals surface area contributed by atoms with Crippen LogP contribution in [0.2, 0.25) is 0 Å². The lowest BCUT2D eigenvalue weighted by molar-refractivity contribution is -0.126. The Morgan fingerprint density at radius 3 is 2.40 bits per heavy atom. The minimum absolute atomic E-state index is 0.0852. The van der Waals surface area contributed by atoms with Crippen LogP contribution in [0.1, 0.15) is 26.7 Å². The number of nitrogens with one attached hydrogen (secondary N) is 1. The molecule has 2 fully saturated rings. The van der Waals surface area contributed by atoms with Gasteiger partial charge in [-0.1, -0.05) is 13.8 Å². The van der Waals surface area contributed by atoms with E-state index in [1.807, 2.05) is 13.8 Å². The van der Waals surface area contributed by atoms with Crippen LogP contribution in [0.3, 0.4) is 0 Å². The molecule has 1 N–H and O–H groups in total. The zero-order valence-electron chi connectivity index (χ0n) is 12.3. The van der Waals surface area contributed by atoms with E-state index < -0.39 is 6.04 Å². The van der Waals surface area contributed by atoms with E-state index in [4.69, 9.17) is 9.47 Å². The van der Waals surface area contributed by atoms with Crippen molar-refractivity contribution >= 4 is 11.8 Å². The molecule has 0 aromatic rings. The van der Waals surface area contributed by atoms with Crippen LogP contribution in [0.4, 0.5) is 4.79 Å². The number of urea groups is 1. The Kier molecular flexibility index (Phi) is 5.37. The molecule has 2 saturated heterocycles. The molecule has 2 aliphatic heterocycles. The van der Waals surface area contributed by atoms with Gasteiger partial charge in [0.15, 0.2) is 5.78 Å². The predicted octanol–water partition coefficient (Wildman–Crippen LogP) is 1.01. The van der Waals surface area contributed by atoms with Gasteiger partial charge in [0, 0.05) is 25.7 Å². The Labute approximate surface area is 119 Å². The number of nitrogens with zero attached hydrogens (tertiary/aromatic N) is 1. The first kappa shape index (κ1) is 15.3. The molecule has 0 aromatic heterocycles. The third-order valence-corrected chi connectivity index (χ3v) is 3.93. The van der Waals surface area contributed by atoms with Gasteiger partial charge in [0.2, 0.25) is 0 Å². The number of hydrogen-bond acceptors (Lipinski definition) is 4. The summed E-state index contributed by atoms with van der Waals surface area (Å²) in [5.74, 6) is 0.189. The molecule has 0 aliphatic carbocycles. The Morgan fingerprint density at radius 1 is 1.15 bits per heavy atom. The molecule has 6 heteroatoms. The summed E-state index contributed by atoms with van der Waals surface area (Å²) in [4.78, 5) is 26.2. The van der Waals surface area contributed by atoms with Crippen LogP contribution in [0.5, 0.6) is 0 Å². The van der Waals surface area contributed by atoms with Crippen LogP contribution in [0.15, 0.2) is 0 Å². The van der Waals surface area contributed by atoms with Crippen molar-refractivity contribution in [3.63, 3.8) is 0 Å². The maximum Gasteiger partial charge on any atom is 0.319 e. The maximum atomic E-state index is 12.4. The average Bonchev–Trinajstić information content (AvgIpc) is 2.99. The van der Waals surface area contributed by atoms with Gasteiger partial charge in [-0.2, -0.15) is 0 Å². The lowest BCUT2D eigenvalue weighted by Crippen LogP contribution is -2.52. The second-order valence-corrected chi connectivity index (χ2v) is 5.73. The molecule has 20 heavy (non-hydrogen) atoms. The van der Waals surface area contributed by atoms with Crippen molar-refractivity contribution in [3.05, 3.63) is 0 Å². The van der Waals surface area contributed by atoms with Crippen LogP contribution >= 0.6 is 0 Å². The summed E-state index contributed by atoms with van der Waals surface area (Å²) in [7, 11) is 0. The van der Waals surface area contributed by atoms with Crippen molar-refractivity contribution in [1.82, 2.24) is 10.2 Å². The van der Waals surface area contributed by atoms with E-state index in [9.17, 15) is 9.59 Å².